The van der Waals surface area contributed by atoms with Gasteiger partial charge in [-0.25, -0.2) is 9.97 Å². The van der Waals surface area contributed by atoms with Gasteiger partial charge >= 0.3 is 0 Å². The van der Waals surface area contributed by atoms with Crippen molar-refractivity contribution >= 4 is 0 Å². The third-order valence-electron chi connectivity index (χ3n) is 9.11. The minimum atomic E-state index is 0.806. The van der Waals surface area contributed by atoms with Crippen LogP contribution < -0.4 is 4.74 Å². The zero-order valence-electron chi connectivity index (χ0n) is 26.2. The summed E-state index contributed by atoms with van der Waals surface area (Å²) in [5.74, 6) is 3.64. The van der Waals surface area contributed by atoms with E-state index in [4.69, 9.17) is 14.7 Å². The molecule has 1 fully saturated rings. The first-order chi connectivity index (χ1) is 19.8. The molecule has 40 heavy (non-hydrogen) atoms. The average Bonchev–Trinajstić information content (AvgIpc) is 3.00. The first-order valence-electron chi connectivity index (χ1n) is 17.3. The summed E-state index contributed by atoms with van der Waals surface area (Å²) < 4.78 is 5.96. The SMILES string of the molecule is CCCCCCCCCCOc1ccc(-c2ncc(CCC3CCC(CCCCCCCCC)CC3)cn2)cc1. The highest BCUT2D eigenvalue weighted by Gasteiger charge is 2.20. The third kappa shape index (κ3) is 13.6. The predicted octanol–water partition coefficient (Wildman–Crippen LogP) is 11.5. The van der Waals surface area contributed by atoms with Crippen molar-refractivity contribution in [2.75, 3.05) is 6.61 Å². The van der Waals surface area contributed by atoms with E-state index in [1.807, 2.05) is 12.4 Å². The van der Waals surface area contributed by atoms with Crippen molar-refractivity contribution in [3.05, 3.63) is 42.2 Å². The van der Waals surface area contributed by atoms with Gasteiger partial charge in [0, 0.05) is 18.0 Å². The second kappa shape index (κ2) is 20.9. The standard InChI is InChI=1S/C37H60N2O/c1-3-5-7-9-11-13-15-17-29-40-36-27-25-35(26-28-36)37-38-30-34(31-39-37)24-23-33-21-19-32(20-22-33)18-16-14-12-10-8-6-4-2/h25-28,30-33H,3-24,29H2,1-2H3. The summed E-state index contributed by atoms with van der Waals surface area (Å²) in [6.07, 6.45) is 34.3. The van der Waals surface area contributed by atoms with Crippen LogP contribution in [0.5, 0.6) is 5.75 Å². The van der Waals surface area contributed by atoms with Crippen molar-refractivity contribution in [1.29, 1.82) is 0 Å². The summed E-state index contributed by atoms with van der Waals surface area (Å²) in [6, 6.07) is 8.29. The number of ether oxygens (including phenoxy) is 1. The smallest absolute Gasteiger partial charge is 0.159 e. The van der Waals surface area contributed by atoms with Crippen molar-refractivity contribution < 1.29 is 4.74 Å². The van der Waals surface area contributed by atoms with E-state index in [0.29, 0.717) is 0 Å². The molecule has 0 saturated heterocycles. The van der Waals surface area contributed by atoms with Crippen LogP contribution in [0.2, 0.25) is 0 Å². The lowest BCUT2D eigenvalue weighted by atomic mass is 9.78. The fraction of sp³-hybridized carbons (Fsp3) is 0.730. The molecule has 0 N–H and O–H groups in total. The zero-order valence-corrected chi connectivity index (χ0v) is 26.2. The number of unbranched alkanes of at least 4 members (excludes halogenated alkanes) is 13. The highest BCUT2D eigenvalue weighted by Crippen LogP contribution is 2.34. The second-order valence-electron chi connectivity index (χ2n) is 12.6. The monoisotopic (exact) mass is 548 g/mol. The molecule has 1 aliphatic rings. The van der Waals surface area contributed by atoms with Gasteiger partial charge in [0.15, 0.2) is 5.82 Å². The first-order valence-corrected chi connectivity index (χ1v) is 17.3. The highest BCUT2D eigenvalue weighted by atomic mass is 16.5. The lowest BCUT2D eigenvalue weighted by Crippen LogP contribution is -2.15. The quantitative estimate of drug-likeness (QED) is 0.137. The minimum absolute atomic E-state index is 0.806. The number of aromatic nitrogens is 2. The van der Waals surface area contributed by atoms with Crippen LogP contribution in [0.25, 0.3) is 11.4 Å². The maximum absolute atomic E-state index is 5.96. The van der Waals surface area contributed by atoms with Crippen LogP contribution in [-0.4, -0.2) is 16.6 Å². The Morgan fingerprint density at radius 3 is 1.68 bits per heavy atom. The van der Waals surface area contributed by atoms with E-state index >= 15 is 0 Å². The van der Waals surface area contributed by atoms with Crippen LogP contribution in [0.3, 0.4) is 0 Å². The van der Waals surface area contributed by atoms with Gasteiger partial charge in [-0.3, -0.25) is 0 Å². The molecule has 0 aliphatic heterocycles. The predicted molar refractivity (Wildman–Crippen MR) is 172 cm³/mol. The van der Waals surface area contributed by atoms with Crippen molar-refractivity contribution in [3.63, 3.8) is 0 Å². The van der Waals surface area contributed by atoms with Gasteiger partial charge < -0.3 is 4.74 Å². The van der Waals surface area contributed by atoms with Crippen LogP contribution in [0.15, 0.2) is 36.7 Å². The Labute approximate surface area is 247 Å². The van der Waals surface area contributed by atoms with Crippen LogP contribution >= 0.6 is 0 Å². The Kier molecular flexibility index (Phi) is 17.0. The summed E-state index contributed by atoms with van der Waals surface area (Å²) in [5, 5.41) is 0. The molecule has 1 saturated carbocycles. The Balaban J connectivity index is 1.25. The molecule has 224 valence electrons. The van der Waals surface area contributed by atoms with Crippen molar-refractivity contribution in [3.8, 4) is 17.1 Å². The topological polar surface area (TPSA) is 35.0 Å². The van der Waals surface area contributed by atoms with Crippen molar-refractivity contribution in [2.24, 2.45) is 11.8 Å². The van der Waals surface area contributed by atoms with Gasteiger partial charge in [0.25, 0.3) is 0 Å². The first kappa shape index (κ1) is 32.6. The average molecular weight is 549 g/mol. The second-order valence-corrected chi connectivity index (χ2v) is 12.6. The van der Waals surface area contributed by atoms with Gasteiger partial charge in [0.05, 0.1) is 6.61 Å². The number of hydrogen-bond acceptors (Lipinski definition) is 3. The number of benzene rings is 1. The summed E-state index contributed by atoms with van der Waals surface area (Å²) in [4.78, 5) is 9.38. The van der Waals surface area contributed by atoms with Crippen LogP contribution in [0, 0.1) is 11.8 Å². The van der Waals surface area contributed by atoms with Crippen molar-refractivity contribution in [2.45, 2.75) is 155 Å². The molecule has 3 rings (SSSR count). The number of aryl methyl sites for hydroxylation is 1. The molecule has 0 spiro atoms. The Hall–Kier alpha value is -1.90. The molecule has 0 atom stereocenters. The van der Waals surface area contributed by atoms with E-state index in [-0.39, 0.29) is 0 Å². The van der Waals surface area contributed by atoms with E-state index in [2.05, 4.69) is 38.1 Å². The Bertz CT molecular complexity index is 855. The van der Waals surface area contributed by atoms with E-state index < -0.39 is 0 Å². The molecule has 1 aliphatic carbocycles. The highest BCUT2D eigenvalue weighted by molar-refractivity contribution is 5.55. The van der Waals surface area contributed by atoms with Crippen LogP contribution in [-0.2, 0) is 6.42 Å². The largest absolute Gasteiger partial charge is 0.494 e. The molecule has 1 aromatic carbocycles. The molecular formula is C37H60N2O. The van der Waals surface area contributed by atoms with E-state index in [1.54, 1.807) is 0 Å². The zero-order chi connectivity index (χ0) is 28.1. The van der Waals surface area contributed by atoms with E-state index in [1.165, 1.54) is 134 Å². The third-order valence-corrected chi connectivity index (χ3v) is 9.11. The summed E-state index contributed by atoms with van der Waals surface area (Å²) in [7, 11) is 0. The molecule has 0 unspecified atom stereocenters. The normalized spacial score (nSPS) is 17.2. The van der Waals surface area contributed by atoms with Gasteiger partial charge in [0.2, 0.25) is 0 Å². The Morgan fingerprint density at radius 2 is 1.10 bits per heavy atom. The fourth-order valence-electron chi connectivity index (χ4n) is 6.33. The fourth-order valence-corrected chi connectivity index (χ4v) is 6.33. The van der Waals surface area contributed by atoms with Gasteiger partial charge in [-0.1, -0.05) is 136 Å². The summed E-state index contributed by atoms with van der Waals surface area (Å²) in [5.41, 5.74) is 2.34. The van der Waals surface area contributed by atoms with Crippen molar-refractivity contribution in [1.82, 2.24) is 9.97 Å². The van der Waals surface area contributed by atoms with Gasteiger partial charge in [0.1, 0.15) is 5.75 Å². The molecule has 1 aromatic heterocycles. The minimum Gasteiger partial charge on any atom is -0.494 e. The number of hydrogen-bond donors (Lipinski definition) is 0. The van der Waals surface area contributed by atoms with Gasteiger partial charge in [-0.2, -0.15) is 0 Å². The van der Waals surface area contributed by atoms with Gasteiger partial charge in [-0.15, -0.1) is 0 Å². The number of nitrogens with zero attached hydrogens (tertiary/aromatic N) is 2. The molecule has 3 nitrogen and oxygen atoms in total. The van der Waals surface area contributed by atoms with Crippen LogP contribution in [0.1, 0.15) is 154 Å². The molecule has 2 aromatic rings. The Morgan fingerprint density at radius 1 is 0.600 bits per heavy atom. The summed E-state index contributed by atoms with van der Waals surface area (Å²) >= 11 is 0. The van der Waals surface area contributed by atoms with Gasteiger partial charge in [-0.05, 0) is 60.9 Å². The summed E-state index contributed by atoms with van der Waals surface area (Å²) in [6.45, 7) is 5.38. The molecule has 1 heterocycles. The molecule has 0 amide bonds. The molecular weight excluding hydrogens is 488 g/mol. The van der Waals surface area contributed by atoms with E-state index in [0.717, 1.165) is 48.4 Å². The molecule has 0 bridgehead atoms. The molecule has 3 heteroatoms. The maximum Gasteiger partial charge on any atom is 0.159 e. The van der Waals surface area contributed by atoms with Crippen LogP contribution in [0.4, 0.5) is 0 Å². The lowest BCUT2D eigenvalue weighted by Gasteiger charge is -2.28. The molecule has 0 radical (unpaired) electrons. The lowest BCUT2D eigenvalue weighted by molar-refractivity contribution is 0.248. The maximum atomic E-state index is 5.96. The number of rotatable bonds is 22. The van der Waals surface area contributed by atoms with E-state index in [9.17, 15) is 0 Å².